The summed E-state index contributed by atoms with van der Waals surface area (Å²) in [4.78, 5) is 18.2. The van der Waals surface area contributed by atoms with Crippen LogP contribution in [0.15, 0.2) is 36.5 Å². The van der Waals surface area contributed by atoms with Crippen LogP contribution in [0.2, 0.25) is 0 Å². The van der Waals surface area contributed by atoms with Gasteiger partial charge in [-0.2, -0.15) is 10.4 Å². The Hall–Kier alpha value is -3.44. The normalized spacial score (nSPS) is 14.3. The number of hydrogen-bond acceptors (Lipinski definition) is 6. The fourth-order valence-corrected chi connectivity index (χ4v) is 3.01. The first kappa shape index (κ1) is 16.1. The van der Waals surface area contributed by atoms with Crippen LogP contribution in [0.4, 0.5) is 5.69 Å². The van der Waals surface area contributed by atoms with Gasteiger partial charge in [-0.1, -0.05) is 12.1 Å². The second-order valence-corrected chi connectivity index (χ2v) is 5.88. The van der Waals surface area contributed by atoms with Gasteiger partial charge < -0.3 is 14.7 Å². The minimum Gasteiger partial charge on any atom is -0.477 e. The lowest BCUT2D eigenvalue weighted by atomic mass is 10.1. The Morgan fingerprint density at radius 2 is 1.96 bits per heavy atom. The summed E-state index contributed by atoms with van der Waals surface area (Å²) in [6.07, 6.45) is 1.32. The first-order valence-corrected chi connectivity index (χ1v) is 8.12. The van der Waals surface area contributed by atoms with Crippen molar-refractivity contribution in [1.29, 1.82) is 5.26 Å². The predicted molar refractivity (Wildman–Crippen MR) is 93.1 cm³/mol. The van der Waals surface area contributed by atoms with Gasteiger partial charge in [0.1, 0.15) is 11.6 Å². The van der Waals surface area contributed by atoms with Gasteiger partial charge in [0.2, 0.25) is 0 Å². The number of carboxylic acids is 1. The van der Waals surface area contributed by atoms with Crippen molar-refractivity contribution in [3.05, 3.63) is 47.8 Å². The summed E-state index contributed by atoms with van der Waals surface area (Å²) in [5, 5.41) is 22.6. The smallest absolute Gasteiger partial charge is 0.354 e. The summed E-state index contributed by atoms with van der Waals surface area (Å²) in [6.45, 7) is 3.10. The van der Waals surface area contributed by atoms with Crippen molar-refractivity contribution in [2.75, 3.05) is 31.2 Å². The van der Waals surface area contributed by atoms with Crippen molar-refractivity contribution in [2.45, 2.75) is 0 Å². The predicted octanol–water partition coefficient (Wildman–Crippen LogP) is 1.80. The Morgan fingerprint density at radius 3 is 2.62 bits per heavy atom. The highest BCUT2D eigenvalue weighted by Crippen LogP contribution is 2.24. The zero-order valence-electron chi connectivity index (χ0n) is 13.8. The summed E-state index contributed by atoms with van der Waals surface area (Å²) in [6, 6.07) is 11.2. The highest BCUT2D eigenvalue weighted by Gasteiger charge is 2.17. The molecule has 26 heavy (non-hydrogen) atoms. The molecule has 1 aliphatic rings. The van der Waals surface area contributed by atoms with Gasteiger partial charge in [-0.05, 0) is 18.2 Å². The minimum atomic E-state index is -1.13. The number of hydrogen-bond donors (Lipinski definition) is 1. The van der Waals surface area contributed by atoms with Crippen LogP contribution in [0.25, 0.3) is 16.9 Å². The van der Waals surface area contributed by atoms with Gasteiger partial charge in [-0.3, -0.25) is 0 Å². The van der Waals surface area contributed by atoms with E-state index in [0.29, 0.717) is 18.9 Å². The van der Waals surface area contributed by atoms with Crippen LogP contribution in [0.3, 0.4) is 0 Å². The lowest BCUT2D eigenvalue weighted by Gasteiger charge is -2.28. The number of carbonyl (C=O) groups is 1. The van der Waals surface area contributed by atoms with Crippen LogP contribution in [-0.2, 0) is 4.74 Å². The average Bonchev–Trinajstić information content (AvgIpc) is 3.11. The first-order valence-electron chi connectivity index (χ1n) is 8.12. The van der Waals surface area contributed by atoms with E-state index in [0.717, 1.165) is 24.3 Å². The molecule has 0 radical (unpaired) electrons. The van der Waals surface area contributed by atoms with Gasteiger partial charge in [0.15, 0.2) is 11.3 Å². The maximum absolute atomic E-state index is 11.6. The molecule has 1 aromatic carbocycles. The van der Waals surface area contributed by atoms with Crippen molar-refractivity contribution in [3.63, 3.8) is 0 Å². The van der Waals surface area contributed by atoms with E-state index in [4.69, 9.17) is 4.74 Å². The Kier molecular flexibility index (Phi) is 3.99. The van der Waals surface area contributed by atoms with Gasteiger partial charge in [-0.25, -0.2) is 14.3 Å². The van der Waals surface area contributed by atoms with Gasteiger partial charge >= 0.3 is 5.97 Å². The molecule has 0 bridgehead atoms. The molecular weight excluding hydrogens is 334 g/mol. The van der Waals surface area contributed by atoms with Crippen molar-refractivity contribution in [3.8, 4) is 17.3 Å². The summed E-state index contributed by atoms with van der Waals surface area (Å²) in [5.74, 6) is -1.13. The molecule has 2 aromatic heterocycles. The zero-order valence-corrected chi connectivity index (χ0v) is 13.8. The molecule has 0 unspecified atom stereocenters. The summed E-state index contributed by atoms with van der Waals surface area (Å²) in [5.41, 5.74) is 2.78. The van der Waals surface area contributed by atoms with Gasteiger partial charge in [0.25, 0.3) is 0 Å². The molecule has 1 aliphatic heterocycles. The third-order valence-electron chi connectivity index (χ3n) is 4.35. The number of anilines is 1. The number of nitrogens with zero attached hydrogens (tertiary/aromatic N) is 5. The van der Waals surface area contributed by atoms with Crippen molar-refractivity contribution in [1.82, 2.24) is 14.6 Å². The lowest BCUT2D eigenvalue weighted by Crippen LogP contribution is -2.36. The maximum atomic E-state index is 11.6. The van der Waals surface area contributed by atoms with E-state index in [1.54, 1.807) is 0 Å². The molecule has 0 amide bonds. The molecule has 0 spiro atoms. The Labute approximate surface area is 148 Å². The lowest BCUT2D eigenvalue weighted by molar-refractivity contribution is 0.0687. The second kappa shape index (κ2) is 6.46. The topological polar surface area (TPSA) is 104 Å². The maximum Gasteiger partial charge on any atom is 0.354 e. The Balaban J connectivity index is 1.76. The van der Waals surface area contributed by atoms with E-state index in [9.17, 15) is 15.2 Å². The molecular formula is C18H15N5O3. The molecule has 0 aliphatic carbocycles. The third-order valence-corrected chi connectivity index (χ3v) is 4.35. The Morgan fingerprint density at radius 1 is 1.23 bits per heavy atom. The van der Waals surface area contributed by atoms with E-state index in [1.807, 2.05) is 30.3 Å². The van der Waals surface area contributed by atoms with Gasteiger partial charge in [0, 0.05) is 24.3 Å². The highest BCUT2D eigenvalue weighted by molar-refractivity contribution is 5.88. The van der Waals surface area contributed by atoms with E-state index in [2.05, 4.69) is 15.0 Å². The summed E-state index contributed by atoms with van der Waals surface area (Å²) < 4.78 is 6.54. The molecule has 0 saturated carbocycles. The van der Waals surface area contributed by atoms with E-state index in [-0.39, 0.29) is 16.9 Å². The fourth-order valence-electron chi connectivity index (χ4n) is 3.01. The molecule has 8 nitrogen and oxygen atoms in total. The average molecular weight is 349 g/mol. The molecule has 3 aromatic rings. The number of fused-ring (bicyclic) bond motifs is 1. The SMILES string of the molecule is N#Cc1cnn2c(C(=O)O)cc(-c3ccc(N4CCOCC4)cc3)nc12. The summed E-state index contributed by atoms with van der Waals surface area (Å²) in [7, 11) is 0. The van der Waals surface area contributed by atoms with Crippen molar-refractivity contribution >= 4 is 17.3 Å². The van der Waals surface area contributed by atoms with Crippen LogP contribution < -0.4 is 4.90 Å². The minimum absolute atomic E-state index is 0.0382. The fraction of sp³-hybridized carbons (Fsp3) is 0.222. The van der Waals surface area contributed by atoms with E-state index >= 15 is 0 Å². The standard InChI is InChI=1S/C18H15N5O3/c19-10-13-11-20-23-16(18(24)25)9-15(21-17(13)23)12-1-3-14(4-2-12)22-5-7-26-8-6-22/h1-4,9,11H,5-8H2,(H,24,25). The van der Waals surface area contributed by atoms with Crippen LogP contribution in [0.1, 0.15) is 16.1 Å². The molecule has 1 saturated heterocycles. The number of nitriles is 1. The molecule has 3 heterocycles. The highest BCUT2D eigenvalue weighted by atomic mass is 16.5. The number of morpholine rings is 1. The van der Waals surface area contributed by atoms with E-state index in [1.165, 1.54) is 16.8 Å². The molecule has 1 fully saturated rings. The number of aromatic nitrogens is 3. The van der Waals surface area contributed by atoms with Crippen molar-refractivity contribution < 1.29 is 14.6 Å². The number of aromatic carboxylic acids is 1. The second-order valence-electron chi connectivity index (χ2n) is 5.88. The molecule has 0 atom stereocenters. The van der Waals surface area contributed by atoms with Crippen LogP contribution in [0.5, 0.6) is 0 Å². The number of rotatable bonds is 3. The van der Waals surface area contributed by atoms with Crippen LogP contribution in [-0.4, -0.2) is 52.0 Å². The zero-order chi connectivity index (χ0) is 18.1. The van der Waals surface area contributed by atoms with Gasteiger partial charge in [-0.15, -0.1) is 0 Å². The molecule has 8 heteroatoms. The summed E-state index contributed by atoms with van der Waals surface area (Å²) >= 11 is 0. The molecule has 1 N–H and O–H groups in total. The van der Waals surface area contributed by atoms with Crippen LogP contribution in [0, 0.1) is 11.3 Å². The number of benzene rings is 1. The Bertz CT molecular complexity index is 1010. The number of ether oxygens (including phenoxy) is 1. The molecule has 4 rings (SSSR count). The largest absolute Gasteiger partial charge is 0.477 e. The van der Waals surface area contributed by atoms with Crippen molar-refractivity contribution in [2.24, 2.45) is 0 Å². The van der Waals surface area contributed by atoms with Gasteiger partial charge in [0.05, 0.1) is 25.1 Å². The molecule has 130 valence electrons. The van der Waals surface area contributed by atoms with Crippen LogP contribution >= 0.6 is 0 Å². The third kappa shape index (κ3) is 2.74. The monoisotopic (exact) mass is 349 g/mol. The first-order chi connectivity index (χ1) is 12.7. The number of carboxylic acid groups (broad SMARTS) is 1. The van der Waals surface area contributed by atoms with E-state index < -0.39 is 5.97 Å². The quantitative estimate of drug-likeness (QED) is 0.769.